The van der Waals surface area contributed by atoms with E-state index in [1.807, 2.05) is 43.3 Å². The van der Waals surface area contributed by atoms with E-state index in [0.717, 1.165) is 21.3 Å². The van der Waals surface area contributed by atoms with Crippen molar-refractivity contribution in [2.45, 2.75) is 20.1 Å². The molecule has 0 aliphatic carbocycles. The zero-order chi connectivity index (χ0) is 21.5. The molecule has 6 nitrogen and oxygen atoms in total. The molecule has 3 rings (SSSR count). The number of nitro groups is 1. The fraction of sp³-hybridized carbons (Fsp3) is 0.182. The minimum atomic E-state index is -0.419. The van der Waals surface area contributed by atoms with Crippen LogP contribution in [0.4, 0.5) is 11.4 Å². The number of hydrogen-bond acceptors (Lipinski definition) is 5. The predicted molar refractivity (Wildman–Crippen MR) is 122 cm³/mol. The van der Waals surface area contributed by atoms with Gasteiger partial charge in [-0.25, -0.2) is 0 Å². The molecule has 3 aromatic rings. The molecule has 0 bridgehead atoms. The molecule has 0 saturated heterocycles. The molecular weight excluding hydrogens is 472 g/mol. The summed E-state index contributed by atoms with van der Waals surface area (Å²) in [7, 11) is 0. The van der Waals surface area contributed by atoms with Crippen molar-refractivity contribution < 1.29 is 14.4 Å². The van der Waals surface area contributed by atoms with Gasteiger partial charge in [0.2, 0.25) is 0 Å². The summed E-state index contributed by atoms with van der Waals surface area (Å²) in [4.78, 5) is 10.3. The van der Waals surface area contributed by atoms with Crippen LogP contribution in [-0.4, -0.2) is 11.5 Å². The van der Waals surface area contributed by atoms with E-state index in [1.54, 1.807) is 12.1 Å². The van der Waals surface area contributed by atoms with Crippen molar-refractivity contribution in [3.05, 3.63) is 91.4 Å². The van der Waals surface area contributed by atoms with Gasteiger partial charge in [-0.2, -0.15) is 0 Å². The summed E-state index contributed by atoms with van der Waals surface area (Å²) >= 11 is 9.51. The van der Waals surface area contributed by atoms with E-state index in [-0.39, 0.29) is 5.69 Å². The number of hydrogen-bond donors (Lipinski definition) is 1. The summed E-state index contributed by atoms with van der Waals surface area (Å²) in [5.41, 5.74) is 2.82. The zero-order valence-corrected chi connectivity index (χ0v) is 18.6. The van der Waals surface area contributed by atoms with Crippen molar-refractivity contribution >= 4 is 38.9 Å². The third kappa shape index (κ3) is 5.87. The molecule has 3 aromatic carbocycles. The molecule has 0 aromatic heterocycles. The first-order valence-electron chi connectivity index (χ1n) is 9.27. The highest BCUT2D eigenvalue weighted by molar-refractivity contribution is 9.10. The molecule has 0 fully saturated rings. The van der Waals surface area contributed by atoms with Gasteiger partial charge in [0.15, 0.2) is 11.5 Å². The minimum absolute atomic E-state index is 0.0594. The predicted octanol–water partition coefficient (Wildman–Crippen LogP) is 6.60. The monoisotopic (exact) mass is 490 g/mol. The first-order valence-corrected chi connectivity index (χ1v) is 10.4. The average molecular weight is 492 g/mol. The van der Waals surface area contributed by atoms with Gasteiger partial charge in [0, 0.05) is 29.4 Å². The van der Waals surface area contributed by atoms with Crippen LogP contribution in [0.25, 0.3) is 0 Å². The molecule has 30 heavy (non-hydrogen) atoms. The van der Waals surface area contributed by atoms with Crippen LogP contribution in [0.5, 0.6) is 11.5 Å². The lowest BCUT2D eigenvalue weighted by molar-refractivity contribution is -0.384. The highest BCUT2D eigenvalue weighted by atomic mass is 79.9. The Hall–Kier alpha value is -2.77. The summed E-state index contributed by atoms with van der Waals surface area (Å²) in [6.45, 7) is 3.33. The van der Waals surface area contributed by atoms with Gasteiger partial charge in [0.05, 0.1) is 16.0 Å². The van der Waals surface area contributed by atoms with Crippen molar-refractivity contribution in [1.29, 1.82) is 0 Å². The maximum Gasteiger partial charge on any atom is 0.269 e. The Labute approximate surface area is 188 Å². The molecule has 156 valence electrons. The smallest absolute Gasteiger partial charge is 0.269 e. The van der Waals surface area contributed by atoms with Gasteiger partial charge in [0.25, 0.3) is 5.69 Å². The molecule has 0 saturated carbocycles. The van der Waals surface area contributed by atoms with Crippen LogP contribution in [0, 0.1) is 10.1 Å². The number of rotatable bonds is 9. The number of ether oxygens (including phenoxy) is 2. The molecular formula is C22H20BrClN2O4. The summed E-state index contributed by atoms with van der Waals surface area (Å²) in [5, 5.41) is 14.7. The molecule has 0 unspecified atom stereocenters. The molecule has 8 heteroatoms. The van der Waals surface area contributed by atoms with E-state index < -0.39 is 4.92 Å². The van der Waals surface area contributed by atoms with E-state index in [0.29, 0.717) is 36.3 Å². The van der Waals surface area contributed by atoms with Gasteiger partial charge in [0.1, 0.15) is 6.61 Å². The number of non-ortho nitro benzene ring substituents is 1. The fourth-order valence-electron chi connectivity index (χ4n) is 2.77. The number of nitrogens with one attached hydrogen (secondary N) is 1. The highest BCUT2D eigenvalue weighted by Gasteiger charge is 2.13. The van der Waals surface area contributed by atoms with E-state index in [2.05, 4.69) is 21.2 Å². The second-order valence-electron chi connectivity index (χ2n) is 6.41. The maximum absolute atomic E-state index is 10.8. The Balaban J connectivity index is 1.71. The Bertz CT molecular complexity index is 1010. The highest BCUT2D eigenvalue weighted by Crippen LogP contribution is 2.37. The van der Waals surface area contributed by atoms with E-state index in [4.69, 9.17) is 21.1 Å². The van der Waals surface area contributed by atoms with Gasteiger partial charge in [-0.15, -0.1) is 0 Å². The molecule has 0 aliphatic heterocycles. The topological polar surface area (TPSA) is 73.6 Å². The van der Waals surface area contributed by atoms with E-state index in [9.17, 15) is 10.1 Å². The number of anilines is 1. The number of nitrogens with zero attached hydrogens (tertiary/aromatic N) is 1. The Kier molecular flexibility index (Phi) is 7.54. The van der Waals surface area contributed by atoms with Crippen molar-refractivity contribution in [2.24, 2.45) is 0 Å². The largest absolute Gasteiger partial charge is 0.490 e. The average Bonchev–Trinajstić information content (AvgIpc) is 2.73. The van der Waals surface area contributed by atoms with Gasteiger partial charge >= 0.3 is 0 Å². The standard InChI is InChI=1S/C22H20BrClN2O4/c1-2-29-21-12-16(13-25-18-7-9-19(10-8-18)26(27)28)11-20(23)22(21)30-14-15-3-5-17(24)6-4-15/h3-12,25H,2,13-14H2,1H3. The second kappa shape index (κ2) is 10.3. The first kappa shape index (κ1) is 21.9. The lowest BCUT2D eigenvalue weighted by atomic mass is 10.2. The maximum atomic E-state index is 10.8. The summed E-state index contributed by atoms with van der Waals surface area (Å²) in [5.74, 6) is 1.27. The molecule has 0 aliphatic rings. The van der Waals surface area contributed by atoms with Gasteiger partial charge in [-0.3, -0.25) is 10.1 Å². The molecule has 0 atom stereocenters. The van der Waals surface area contributed by atoms with E-state index >= 15 is 0 Å². The molecule has 0 amide bonds. The van der Waals surface area contributed by atoms with E-state index in [1.165, 1.54) is 12.1 Å². The lowest BCUT2D eigenvalue weighted by Crippen LogP contribution is -2.04. The first-order chi connectivity index (χ1) is 14.5. The summed E-state index contributed by atoms with van der Waals surface area (Å²) in [6.07, 6.45) is 0. The lowest BCUT2D eigenvalue weighted by Gasteiger charge is -2.16. The number of halogens is 2. The summed E-state index contributed by atoms with van der Waals surface area (Å²) < 4.78 is 12.6. The summed E-state index contributed by atoms with van der Waals surface area (Å²) in [6, 6.07) is 17.7. The zero-order valence-electron chi connectivity index (χ0n) is 16.2. The van der Waals surface area contributed by atoms with Gasteiger partial charge in [-0.05, 0) is 70.4 Å². The Morgan fingerprint density at radius 1 is 1.03 bits per heavy atom. The quantitative estimate of drug-likeness (QED) is 0.270. The van der Waals surface area contributed by atoms with Crippen LogP contribution >= 0.6 is 27.5 Å². The Morgan fingerprint density at radius 3 is 2.37 bits per heavy atom. The SMILES string of the molecule is CCOc1cc(CNc2ccc([N+](=O)[O-])cc2)cc(Br)c1OCc1ccc(Cl)cc1. The molecule has 0 spiro atoms. The van der Waals surface area contributed by atoms with Crippen LogP contribution in [-0.2, 0) is 13.2 Å². The van der Waals surface area contributed by atoms with Crippen molar-refractivity contribution in [2.75, 3.05) is 11.9 Å². The van der Waals surface area contributed by atoms with Crippen LogP contribution in [0.3, 0.4) is 0 Å². The second-order valence-corrected chi connectivity index (χ2v) is 7.70. The molecule has 1 N–H and O–H groups in total. The number of benzene rings is 3. The number of nitro benzene ring substituents is 1. The van der Waals surface area contributed by atoms with Crippen LogP contribution in [0.1, 0.15) is 18.1 Å². The van der Waals surface area contributed by atoms with Crippen LogP contribution in [0.2, 0.25) is 5.02 Å². The minimum Gasteiger partial charge on any atom is -0.490 e. The molecule has 0 radical (unpaired) electrons. The van der Waals surface area contributed by atoms with Gasteiger partial charge < -0.3 is 14.8 Å². The van der Waals surface area contributed by atoms with Crippen molar-refractivity contribution in [3.63, 3.8) is 0 Å². The fourth-order valence-corrected chi connectivity index (χ4v) is 3.50. The molecule has 0 heterocycles. The van der Waals surface area contributed by atoms with Crippen molar-refractivity contribution in [3.8, 4) is 11.5 Å². The van der Waals surface area contributed by atoms with Crippen LogP contribution in [0.15, 0.2) is 65.1 Å². The van der Waals surface area contributed by atoms with Crippen LogP contribution < -0.4 is 14.8 Å². The normalized spacial score (nSPS) is 10.5. The Morgan fingerprint density at radius 2 is 1.73 bits per heavy atom. The third-order valence-electron chi connectivity index (χ3n) is 4.24. The van der Waals surface area contributed by atoms with Crippen molar-refractivity contribution in [1.82, 2.24) is 0 Å². The van der Waals surface area contributed by atoms with Gasteiger partial charge in [-0.1, -0.05) is 23.7 Å². The third-order valence-corrected chi connectivity index (χ3v) is 5.08.